The number of hydrogen-bond acceptors (Lipinski definition) is 5. The number of alkyl halides is 3. The first-order valence-corrected chi connectivity index (χ1v) is 13.5. The van der Waals surface area contributed by atoms with Gasteiger partial charge in [0, 0.05) is 43.9 Å². The Balaban J connectivity index is 1.33. The van der Waals surface area contributed by atoms with Crippen LogP contribution < -0.4 is 4.90 Å². The van der Waals surface area contributed by atoms with E-state index in [1.165, 1.54) is 11.0 Å². The van der Waals surface area contributed by atoms with Gasteiger partial charge < -0.3 is 14.2 Å². The van der Waals surface area contributed by atoms with E-state index in [2.05, 4.69) is 15.1 Å². The van der Waals surface area contributed by atoms with E-state index in [-0.39, 0.29) is 29.7 Å². The van der Waals surface area contributed by atoms with E-state index in [9.17, 15) is 18.0 Å². The molecule has 1 saturated heterocycles. The molecule has 206 valence electrons. The third kappa shape index (κ3) is 4.96. The van der Waals surface area contributed by atoms with E-state index < -0.39 is 17.6 Å². The van der Waals surface area contributed by atoms with Crippen LogP contribution in [0.2, 0.25) is 0 Å². The standard InChI is InChI=1S/C29H32F3N5O2/c1-18-14-36(9-10-39-18)15-19-11-23-24(25(12-19)29(30,31)32)16-37(28(23)38)22-8-4-7-21(13-22)26(20-5-3-6-20)27-34-33-17-35(27)2/h4,7-8,11-13,17-18,20,26H,3,5-6,9-10,14-16H2,1-2H3/t18-,26-/m1/s1. The van der Waals surface area contributed by atoms with Gasteiger partial charge in [-0.2, -0.15) is 13.2 Å². The Labute approximate surface area is 225 Å². The number of aromatic nitrogens is 3. The zero-order valence-electron chi connectivity index (χ0n) is 22.1. The van der Waals surface area contributed by atoms with Gasteiger partial charge >= 0.3 is 6.18 Å². The van der Waals surface area contributed by atoms with Gasteiger partial charge in [0.2, 0.25) is 0 Å². The maximum absolute atomic E-state index is 14.2. The number of rotatable bonds is 6. The molecule has 1 saturated carbocycles. The van der Waals surface area contributed by atoms with Gasteiger partial charge in [0.05, 0.1) is 24.8 Å². The fourth-order valence-corrected chi connectivity index (χ4v) is 6.18. The number of hydrogen-bond donors (Lipinski definition) is 0. The van der Waals surface area contributed by atoms with Crippen LogP contribution in [0.25, 0.3) is 0 Å². The van der Waals surface area contributed by atoms with E-state index in [0.29, 0.717) is 43.4 Å². The fraction of sp³-hybridized carbons (Fsp3) is 0.483. The Hall–Kier alpha value is -3.24. The molecule has 0 N–H and O–H groups in total. The molecule has 3 heterocycles. The van der Waals surface area contributed by atoms with Gasteiger partial charge in [-0.3, -0.25) is 9.69 Å². The summed E-state index contributed by atoms with van der Waals surface area (Å²) in [4.78, 5) is 17.2. The van der Waals surface area contributed by atoms with Crippen LogP contribution in [0, 0.1) is 5.92 Å². The molecule has 2 aliphatic heterocycles. The normalized spacial score (nSPS) is 21.2. The maximum atomic E-state index is 14.2. The van der Waals surface area contributed by atoms with E-state index in [0.717, 1.165) is 30.7 Å². The molecule has 10 heteroatoms. The van der Waals surface area contributed by atoms with Crippen LogP contribution in [0.5, 0.6) is 0 Å². The molecule has 2 aromatic carbocycles. The van der Waals surface area contributed by atoms with Gasteiger partial charge in [-0.05, 0) is 66.6 Å². The smallest absolute Gasteiger partial charge is 0.376 e. The Bertz CT molecular complexity index is 1380. The van der Waals surface area contributed by atoms with Crippen LogP contribution >= 0.6 is 0 Å². The number of anilines is 1. The van der Waals surface area contributed by atoms with Crippen LogP contribution in [0.4, 0.5) is 18.9 Å². The largest absolute Gasteiger partial charge is 0.416 e. The van der Waals surface area contributed by atoms with Gasteiger partial charge in [-0.25, -0.2) is 0 Å². The summed E-state index contributed by atoms with van der Waals surface area (Å²) in [6.07, 6.45) is 0.455. The second-order valence-electron chi connectivity index (χ2n) is 11.0. The topological polar surface area (TPSA) is 63.5 Å². The number of nitrogens with zero attached hydrogens (tertiary/aromatic N) is 5. The molecule has 1 aliphatic carbocycles. The number of ether oxygens (including phenoxy) is 1. The van der Waals surface area contributed by atoms with Crippen molar-refractivity contribution in [1.82, 2.24) is 19.7 Å². The monoisotopic (exact) mass is 539 g/mol. The summed E-state index contributed by atoms with van der Waals surface area (Å²) in [6.45, 7) is 4.00. The lowest BCUT2D eigenvalue weighted by molar-refractivity contribution is -0.138. The molecular weight excluding hydrogens is 507 g/mol. The molecule has 0 bridgehead atoms. The minimum atomic E-state index is -4.56. The molecule has 7 nitrogen and oxygen atoms in total. The quantitative estimate of drug-likeness (QED) is 0.434. The highest BCUT2D eigenvalue weighted by Crippen LogP contribution is 2.44. The molecule has 2 atom stereocenters. The number of amides is 1. The average molecular weight is 540 g/mol. The van der Waals surface area contributed by atoms with Crippen molar-refractivity contribution >= 4 is 11.6 Å². The molecule has 1 aromatic heterocycles. The van der Waals surface area contributed by atoms with Crippen LogP contribution in [0.1, 0.15) is 70.5 Å². The molecule has 0 radical (unpaired) electrons. The predicted octanol–water partition coefficient (Wildman–Crippen LogP) is 5.15. The lowest BCUT2D eigenvalue weighted by atomic mass is 9.72. The minimum Gasteiger partial charge on any atom is -0.376 e. The van der Waals surface area contributed by atoms with Crippen molar-refractivity contribution in [3.63, 3.8) is 0 Å². The number of morpholine rings is 1. The van der Waals surface area contributed by atoms with Crippen molar-refractivity contribution in [3.8, 4) is 0 Å². The van der Waals surface area contributed by atoms with Gasteiger partial charge in [0.15, 0.2) is 0 Å². The van der Waals surface area contributed by atoms with Crippen molar-refractivity contribution < 1.29 is 22.7 Å². The first kappa shape index (κ1) is 26.0. The lowest BCUT2D eigenvalue weighted by Crippen LogP contribution is -2.40. The average Bonchev–Trinajstić information content (AvgIpc) is 3.43. The summed E-state index contributed by atoms with van der Waals surface area (Å²) in [5, 5.41) is 8.43. The highest BCUT2D eigenvalue weighted by atomic mass is 19.4. The molecule has 2 fully saturated rings. The number of fused-ring (bicyclic) bond motifs is 1. The van der Waals surface area contributed by atoms with Crippen molar-refractivity contribution in [2.45, 2.75) is 57.5 Å². The molecule has 0 spiro atoms. The van der Waals surface area contributed by atoms with E-state index >= 15 is 0 Å². The summed E-state index contributed by atoms with van der Waals surface area (Å²) in [6, 6.07) is 10.5. The third-order valence-electron chi connectivity index (χ3n) is 8.33. The van der Waals surface area contributed by atoms with Crippen LogP contribution in [0.3, 0.4) is 0 Å². The number of carbonyl (C=O) groups is 1. The van der Waals surface area contributed by atoms with Crippen molar-refractivity contribution in [3.05, 3.63) is 76.4 Å². The predicted molar refractivity (Wildman–Crippen MR) is 139 cm³/mol. The van der Waals surface area contributed by atoms with Crippen LogP contribution in [-0.4, -0.2) is 51.4 Å². The zero-order chi connectivity index (χ0) is 27.3. The first-order valence-electron chi connectivity index (χ1n) is 13.5. The Morgan fingerprint density at radius 3 is 2.67 bits per heavy atom. The summed E-state index contributed by atoms with van der Waals surface area (Å²) in [5.41, 5.74) is 1.53. The highest BCUT2D eigenvalue weighted by Gasteiger charge is 2.41. The van der Waals surface area contributed by atoms with Gasteiger partial charge in [0.1, 0.15) is 12.2 Å². The van der Waals surface area contributed by atoms with Crippen molar-refractivity contribution in [1.29, 1.82) is 0 Å². The minimum absolute atomic E-state index is 0.0135. The molecule has 0 unspecified atom stereocenters. The molecular formula is C29H32F3N5O2. The van der Waals surface area contributed by atoms with Gasteiger partial charge in [-0.15, -0.1) is 10.2 Å². The fourth-order valence-electron chi connectivity index (χ4n) is 6.18. The molecule has 1 amide bonds. The Morgan fingerprint density at radius 1 is 1.18 bits per heavy atom. The molecule has 39 heavy (non-hydrogen) atoms. The second-order valence-corrected chi connectivity index (χ2v) is 11.0. The highest BCUT2D eigenvalue weighted by molar-refractivity contribution is 6.10. The second kappa shape index (κ2) is 10.1. The van der Waals surface area contributed by atoms with Crippen LogP contribution in [-0.2, 0) is 31.1 Å². The van der Waals surface area contributed by atoms with E-state index in [4.69, 9.17) is 4.74 Å². The Kier molecular flexibility index (Phi) is 6.71. The van der Waals surface area contributed by atoms with Crippen LogP contribution in [0.15, 0.2) is 42.7 Å². The van der Waals surface area contributed by atoms with Crippen molar-refractivity contribution in [2.75, 3.05) is 24.6 Å². The first-order chi connectivity index (χ1) is 18.7. The van der Waals surface area contributed by atoms with Gasteiger partial charge in [-0.1, -0.05) is 18.6 Å². The number of halogens is 3. The van der Waals surface area contributed by atoms with Crippen molar-refractivity contribution in [2.24, 2.45) is 13.0 Å². The third-order valence-corrected chi connectivity index (χ3v) is 8.33. The summed E-state index contributed by atoms with van der Waals surface area (Å²) in [7, 11) is 1.92. The number of carbonyl (C=O) groups excluding carboxylic acids is 1. The number of aryl methyl sites for hydroxylation is 1. The summed E-state index contributed by atoms with van der Waals surface area (Å²) >= 11 is 0. The number of benzene rings is 2. The summed E-state index contributed by atoms with van der Waals surface area (Å²) in [5.74, 6) is 0.884. The summed E-state index contributed by atoms with van der Waals surface area (Å²) < 4.78 is 50.2. The van der Waals surface area contributed by atoms with E-state index in [1.807, 2.05) is 36.7 Å². The van der Waals surface area contributed by atoms with E-state index in [1.54, 1.807) is 18.5 Å². The molecule has 6 rings (SSSR count). The zero-order valence-corrected chi connectivity index (χ0v) is 22.1. The van der Waals surface area contributed by atoms with Gasteiger partial charge in [0.25, 0.3) is 5.91 Å². The maximum Gasteiger partial charge on any atom is 0.416 e. The Morgan fingerprint density at radius 2 is 2.00 bits per heavy atom. The molecule has 3 aliphatic rings. The molecule has 3 aromatic rings. The SMILES string of the molecule is C[C@@H]1CN(Cc2cc3c(c(C(F)(F)F)c2)CN(c2cccc([C@H](c4nncn4C)C4CCC4)c2)C3=O)CCO1. The lowest BCUT2D eigenvalue weighted by Gasteiger charge is -2.33.